The number of nitrogens with one attached hydrogen (secondary N) is 1. The Balaban J connectivity index is 1.96. The van der Waals surface area contributed by atoms with Gasteiger partial charge in [0, 0.05) is 27.9 Å². The lowest BCUT2D eigenvalue weighted by atomic mass is 10.2. The summed E-state index contributed by atoms with van der Waals surface area (Å²) >= 11 is 2.96. The Morgan fingerprint density at radius 1 is 1.41 bits per heavy atom. The van der Waals surface area contributed by atoms with E-state index in [-0.39, 0.29) is 11.1 Å². The van der Waals surface area contributed by atoms with E-state index >= 15 is 0 Å². The van der Waals surface area contributed by atoms with Gasteiger partial charge >= 0.3 is 0 Å². The standard InChI is InChI=1S/C15H13N3O2S2/c1-9-8-22-15-16-7-12(14(20)18(9)15)13(19)17-10-4-3-5-11(6-10)21-2/h3-8H,1-2H3,(H,17,19). The summed E-state index contributed by atoms with van der Waals surface area (Å²) < 4.78 is 1.46. The minimum atomic E-state index is -0.448. The molecule has 0 aliphatic carbocycles. The molecule has 2 heterocycles. The van der Waals surface area contributed by atoms with Crippen molar-refractivity contribution in [1.29, 1.82) is 0 Å². The van der Waals surface area contributed by atoms with Crippen LogP contribution in [0.2, 0.25) is 0 Å². The van der Waals surface area contributed by atoms with Crippen LogP contribution >= 0.6 is 23.1 Å². The van der Waals surface area contributed by atoms with Crippen molar-refractivity contribution in [3.05, 3.63) is 57.5 Å². The number of nitrogens with zero attached hydrogens (tertiary/aromatic N) is 2. The van der Waals surface area contributed by atoms with Crippen LogP contribution in [0.1, 0.15) is 16.1 Å². The number of fused-ring (bicyclic) bond motifs is 1. The number of hydrogen-bond donors (Lipinski definition) is 1. The van der Waals surface area contributed by atoms with Crippen LogP contribution in [0.3, 0.4) is 0 Å². The van der Waals surface area contributed by atoms with Crippen LogP contribution in [0.4, 0.5) is 5.69 Å². The highest BCUT2D eigenvalue weighted by Crippen LogP contribution is 2.19. The highest BCUT2D eigenvalue weighted by atomic mass is 32.2. The first kappa shape index (κ1) is 14.8. The maximum Gasteiger partial charge on any atom is 0.271 e. The number of carbonyl (C=O) groups is 1. The number of thioether (sulfide) groups is 1. The van der Waals surface area contributed by atoms with Gasteiger partial charge in [0.05, 0.1) is 0 Å². The first-order chi connectivity index (χ1) is 10.6. The molecule has 0 aliphatic heterocycles. The van der Waals surface area contributed by atoms with E-state index in [0.717, 1.165) is 10.6 Å². The van der Waals surface area contributed by atoms with E-state index in [1.54, 1.807) is 17.8 Å². The second kappa shape index (κ2) is 5.94. The SMILES string of the molecule is CSc1cccc(NC(=O)c2cnc3scc(C)n3c2=O)c1. The van der Waals surface area contributed by atoms with Gasteiger partial charge in [0.2, 0.25) is 0 Å². The van der Waals surface area contributed by atoms with Crippen molar-refractivity contribution < 1.29 is 4.79 Å². The molecule has 0 saturated heterocycles. The Kier molecular flexibility index (Phi) is 4.00. The van der Waals surface area contributed by atoms with Crippen LogP contribution in [0.25, 0.3) is 4.96 Å². The molecule has 22 heavy (non-hydrogen) atoms. The van der Waals surface area contributed by atoms with Crippen LogP contribution in [0.5, 0.6) is 0 Å². The molecule has 112 valence electrons. The lowest BCUT2D eigenvalue weighted by Gasteiger charge is -2.06. The third-order valence-corrected chi connectivity index (χ3v) is 4.87. The Labute approximate surface area is 135 Å². The quantitative estimate of drug-likeness (QED) is 0.749. The summed E-state index contributed by atoms with van der Waals surface area (Å²) in [5, 5.41) is 4.59. The third-order valence-electron chi connectivity index (χ3n) is 3.19. The second-order valence-corrected chi connectivity index (χ2v) is 6.37. The summed E-state index contributed by atoms with van der Waals surface area (Å²) in [6.07, 6.45) is 3.30. The van der Waals surface area contributed by atoms with Crippen LogP contribution in [0.15, 0.2) is 45.5 Å². The number of rotatable bonds is 3. The molecule has 0 radical (unpaired) electrons. The Morgan fingerprint density at radius 3 is 3.00 bits per heavy atom. The van der Waals surface area contributed by atoms with Crippen LogP contribution in [-0.2, 0) is 0 Å². The molecule has 3 aromatic rings. The fourth-order valence-corrected chi connectivity index (χ4v) is 3.37. The van der Waals surface area contributed by atoms with E-state index in [1.807, 2.05) is 36.8 Å². The molecule has 7 heteroatoms. The van der Waals surface area contributed by atoms with Gasteiger partial charge < -0.3 is 5.32 Å². The number of anilines is 1. The highest BCUT2D eigenvalue weighted by molar-refractivity contribution is 7.98. The molecule has 1 aromatic carbocycles. The van der Waals surface area contributed by atoms with Crippen molar-refractivity contribution in [2.75, 3.05) is 11.6 Å². The Hall–Kier alpha value is -2.12. The number of carbonyl (C=O) groups excluding carboxylic acids is 1. The van der Waals surface area contributed by atoms with E-state index in [0.29, 0.717) is 10.6 Å². The van der Waals surface area contributed by atoms with Gasteiger partial charge in [-0.25, -0.2) is 4.98 Å². The predicted molar refractivity (Wildman–Crippen MR) is 90.3 cm³/mol. The van der Waals surface area contributed by atoms with Gasteiger partial charge in [-0.05, 0) is 31.4 Å². The van der Waals surface area contributed by atoms with Crippen LogP contribution in [-0.4, -0.2) is 21.5 Å². The summed E-state index contributed by atoms with van der Waals surface area (Å²) in [7, 11) is 0. The maximum absolute atomic E-state index is 12.4. The van der Waals surface area contributed by atoms with Crippen molar-refractivity contribution in [3.8, 4) is 0 Å². The van der Waals surface area contributed by atoms with E-state index in [1.165, 1.54) is 21.9 Å². The van der Waals surface area contributed by atoms with Gasteiger partial charge in [-0.1, -0.05) is 6.07 Å². The van der Waals surface area contributed by atoms with Crippen molar-refractivity contribution in [3.63, 3.8) is 0 Å². The smallest absolute Gasteiger partial charge is 0.271 e. The molecule has 0 unspecified atom stereocenters. The van der Waals surface area contributed by atoms with Gasteiger partial charge in [-0.2, -0.15) is 0 Å². The third kappa shape index (κ3) is 2.65. The van der Waals surface area contributed by atoms with Gasteiger partial charge in [0.1, 0.15) is 5.56 Å². The summed E-state index contributed by atoms with van der Waals surface area (Å²) in [6, 6.07) is 7.47. The molecular formula is C15H13N3O2S2. The average Bonchev–Trinajstić information content (AvgIpc) is 2.90. The van der Waals surface area contributed by atoms with E-state index in [9.17, 15) is 9.59 Å². The molecule has 1 amide bonds. The molecule has 2 aromatic heterocycles. The van der Waals surface area contributed by atoms with Crippen molar-refractivity contribution in [2.24, 2.45) is 0 Å². The largest absolute Gasteiger partial charge is 0.322 e. The molecular weight excluding hydrogens is 318 g/mol. The normalized spacial score (nSPS) is 10.8. The minimum absolute atomic E-state index is 0.0357. The van der Waals surface area contributed by atoms with Crippen LogP contribution in [0, 0.1) is 6.92 Å². The van der Waals surface area contributed by atoms with Crippen molar-refractivity contribution in [2.45, 2.75) is 11.8 Å². The zero-order valence-corrected chi connectivity index (χ0v) is 13.6. The summed E-state index contributed by atoms with van der Waals surface area (Å²) in [5.41, 5.74) is 1.12. The lowest BCUT2D eigenvalue weighted by molar-refractivity contribution is 0.102. The number of aryl methyl sites for hydroxylation is 1. The molecule has 0 atom stereocenters. The van der Waals surface area contributed by atoms with Gasteiger partial charge in [0.15, 0.2) is 4.96 Å². The predicted octanol–water partition coefficient (Wildman–Crippen LogP) is 3.04. The topological polar surface area (TPSA) is 63.5 Å². The minimum Gasteiger partial charge on any atom is -0.322 e. The first-order valence-electron chi connectivity index (χ1n) is 6.51. The molecule has 0 saturated carbocycles. The second-order valence-electron chi connectivity index (χ2n) is 4.66. The molecule has 0 spiro atoms. The summed E-state index contributed by atoms with van der Waals surface area (Å²) in [6.45, 7) is 1.82. The molecule has 0 fully saturated rings. The molecule has 3 rings (SSSR count). The van der Waals surface area contributed by atoms with Gasteiger partial charge in [-0.3, -0.25) is 14.0 Å². The number of benzene rings is 1. The Bertz CT molecular complexity index is 915. The monoisotopic (exact) mass is 331 g/mol. The lowest BCUT2D eigenvalue weighted by Crippen LogP contribution is -2.26. The summed E-state index contributed by atoms with van der Waals surface area (Å²) in [5.74, 6) is -0.448. The number of aromatic nitrogens is 2. The number of amides is 1. The van der Waals surface area contributed by atoms with Gasteiger partial charge in [-0.15, -0.1) is 23.1 Å². The van der Waals surface area contributed by atoms with E-state index in [2.05, 4.69) is 10.3 Å². The molecule has 5 nitrogen and oxygen atoms in total. The maximum atomic E-state index is 12.4. The van der Waals surface area contributed by atoms with Crippen LogP contribution < -0.4 is 10.9 Å². The average molecular weight is 331 g/mol. The fourth-order valence-electron chi connectivity index (χ4n) is 2.08. The zero-order valence-electron chi connectivity index (χ0n) is 12.0. The Morgan fingerprint density at radius 2 is 2.23 bits per heavy atom. The highest BCUT2D eigenvalue weighted by Gasteiger charge is 2.15. The summed E-state index contributed by atoms with van der Waals surface area (Å²) in [4.78, 5) is 30.6. The first-order valence-corrected chi connectivity index (χ1v) is 8.62. The van der Waals surface area contributed by atoms with Crippen molar-refractivity contribution >= 4 is 39.7 Å². The number of hydrogen-bond acceptors (Lipinski definition) is 5. The zero-order chi connectivity index (χ0) is 15.7. The number of thiazole rings is 1. The van der Waals surface area contributed by atoms with Gasteiger partial charge in [0.25, 0.3) is 11.5 Å². The fraction of sp³-hybridized carbons (Fsp3) is 0.133. The molecule has 0 aliphatic rings. The van der Waals surface area contributed by atoms with Crippen molar-refractivity contribution in [1.82, 2.24) is 9.38 Å². The molecule has 1 N–H and O–H groups in total. The van der Waals surface area contributed by atoms with E-state index < -0.39 is 5.91 Å². The molecule has 0 bridgehead atoms. The van der Waals surface area contributed by atoms with E-state index in [4.69, 9.17) is 0 Å².